The predicted molar refractivity (Wildman–Crippen MR) is 101 cm³/mol. The van der Waals surface area contributed by atoms with Crippen molar-refractivity contribution < 1.29 is 14.1 Å². The van der Waals surface area contributed by atoms with Gasteiger partial charge >= 0.3 is 0 Å². The molecule has 0 bridgehead atoms. The van der Waals surface area contributed by atoms with Crippen molar-refractivity contribution in [1.29, 1.82) is 0 Å². The zero-order chi connectivity index (χ0) is 18.5. The van der Waals surface area contributed by atoms with Crippen molar-refractivity contribution in [2.75, 3.05) is 5.32 Å². The third-order valence-corrected chi connectivity index (χ3v) is 4.28. The Hall–Kier alpha value is -3.08. The van der Waals surface area contributed by atoms with Crippen molar-refractivity contribution in [3.63, 3.8) is 0 Å². The summed E-state index contributed by atoms with van der Waals surface area (Å²) in [4.78, 5) is 12.5. The summed E-state index contributed by atoms with van der Waals surface area (Å²) in [5.41, 5.74) is 4.29. The van der Waals surface area contributed by atoms with E-state index < -0.39 is 0 Å². The first-order chi connectivity index (χ1) is 12.6. The maximum atomic E-state index is 12.5. The van der Waals surface area contributed by atoms with Gasteiger partial charge in [0.05, 0.1) is 11.3 Å². The Bertz CT molecular complexity index is 878. The minimum absolute atomic E-state index is 0.169. The number of anilines is 1. The van der Waals surface area contributed by atoms with Crippen LogP contribution in [0.25, 0.3) is 0 Å². The van der Waals surface area contributed by atoms with E-state index in [4.69, 9.17) is 9.26 Å². The zero-order valence-electron chi connectivity index (χ0n) is 15.2. The molecule has 1 amide bonds. The van der Waals surface area contributed by atoms with Gasteiger partial charge in [-0.05, 0) is 56.2 Å². The molecule has 1 N–H and O–H groups in total. The predicted octanol–water partition coefficient (Wildman–Crippen LogP) is 4.69. The lowest BCUT2D eigenvalue weighted by Crippen LogP contribution is -2.12. The number of rotatable bonds is 6. The molecule has 0 aliphatic heterocycles. The van der Waals surface area contributed by atoms with Crippen LogP contribution >= 0.6 is 0 Å². The molecule has 0 aliphatic rings. The highest BCUT2D eigenvalue weighted by Crippen LogP contribution is 2.19. The highest BCUT2D eigenvalue weighted by Gasteiger charge is 2.11. The fourth-order valence-electron chi connectivity index (χ4n) is 2.62. The lowest BCUT2D eigenvalue weighted by Gasteiger charge is -2.09. The molecular weight excluding hydrogens is 328 g/mol. The van der Waals surface area contributed by atoms with Gasteiger partial charge in [0.1, 0.15) is 18.1 Å². The maximum absolute atomic E-state index is 12.5. The van der Waals surface area contributed by atoms with Crippen LogP contribution in [0.1, 0.15) is 39.9 Å². The third-order valence-electron chi connectivity index (χ3n) is 4.28. The standard InChI is InChI=1S/C21H22N2O3/c1-4-16-8-10-18(11-9-16)22-21(24)17-6-5-7-19(12-17)25-13-20-14(2)23-26-15(20)3/h5-12H,4,13H2,1-3H3,(H,22,24). The Morgan fingerprint density at radius 1 is 1.15 bits per heavy atom. The van der Waals surface area contributed by atoms with Crippen LogP contribution in [-0.4, -0.2) is 11.1 Å². The number of benzene rings is 2. The number of nitrogens with one attached hydrogen (secondary N) is 1. The van der Waals surface area contributed by atoms with E-state index in [-0.39, 0.29) is 5.91 Å². The number of carbonyl (C=O) groups excluding carboxylic acids is 1. The third kappa shape index (κ3) is 4.11. The summed E-state index contributed by atoms with van der Waals surface area (Å²) in [6.45, 7) is 6.18. The number of carbonyl (C=O) groups is 1. The Morgan fingerprint density at radius 2 is 1.92 bits per heavy atom. The molecule has 1 aromatic heterocycles. The van der Waals surface area contributed by atoms with Gasteiger partial charge in [0.15, 0.2) is 0 Å². The van der Waals surface area contributed by atoms with Gasteiger partial charge in [-0.2, -0.15) is 0 Å². The van der Waals surface area contributed by atoms with Crippen molar-refractivity contribution in [2.24, 2.45) is 0 Å². The molecule has 0 saturated heterocycles. The highest BCUT2D eigenvalue weighted by atomic mass is 16.5. The van der Waals surface area contributed by atoms with E-state index in [2.05, 4.69) is 17.4 Å². The molecule has 3 aromatic rings. The lowest BCUT2D eigenvalue weighted by molar-refractivity contribution is 0.102. The lowest BCUT2D eigenvalue weighted by atomic mass is 10.1. The quantitative estimate of drug-likeness (QED) is 0.701. The second-order valence-corrected chi connectivity index (χ2v) is 6.12. The van der Waals surface area contributed by atoms with Crippen molar-refractivity contribution >= 4 is 11.6 Å². The SMILES string of the molecule is CCc1ccc(NC(=O)c2cccc(OCc3c(C)noc3C)c2)cc1. The number of aryl methyl sites for hydroxylation is 3. The summed E-state index contributed by atoms with van der Waals surface area (Å²) in [6.07, 6.45) is 0.971. The number of ether oxygens (including phenoxy) is 1. The average Bonchev–Trinajstić information content (AvgIpc) is 2.98. The summed E-state index contributed by atoms with van der Waals surface area (Å²) in [6, 6.07) is 15.0. The molecule has 5 nitrogen and oxygen atoms in total. The first-order valence-corrected chi connectivity index (χ1v) is 8.61. The van der Waals surface area contributed by atoms with Crippen molar-refractivity contribution in [3.8, 4) is 5.75 Å². The van der Waals surface area contributed by atoms with Crippen molar-refractivity contribution in [2.45, 2.75) is 33.8 Å². The molecule has 134 valence electrons. The summed E-state index contributed by atoms with van der Waals surface area (Å²) < 4.78 is 10.9. The van der Waals surface area contributed by atoms with Crippen molar-refractivity contribution in [3.05, 3.63) is 76.7 Å². The van der Waals surface area contributed by atoms with Crippen LogP contribution in [0.4, 0.5) is 5.69 Å². The molecule has 2 aromatic carbocycles. The van der Waals surface area contributed by atoms with Gasteiger partial charge in [0, 0.05) is 11.3 Å². The largest absolute Gasteiger partial charge is 0.489 e. The zero-order valence-corrected chi connectivity index (χ0v) is 15.2. The topological polar surface area (TPSA) is 64.4 Å². The van der Waals surface area contributed by atoms with Gasteiger partial charge in [-0.3, -0.25) is 4.79 Å². The number of aromatic nitrogens is 1. The molecule has 3 rings (SSSR count). The fourth-order valence-corrected chi connectivity index (χ4v) is 2.62. The van der Waals surface area contributed by atoms with E-state index in [1.807, 2.05) is 44.2 Å². The van der Waals surface area contributed by atoms with Crippen LogP contribution in [-0.2, 0) is 13.0 Å². The Balaban J connectivity index is 1.66. The van der Waals surface area contributed by atoms with Gasteiger partial charge < -0.3 is 14.6 Å². The molecule has 0 radical (unpaired) electrons. The van der Waals surface area contributed by atoms with E-state index in [1.54, 1.807) is 18.2 Å². The molecule has 0 spiro atoms. The molecule has 0 aliphatic carbocycles. The minimum atomic E-state index is -0.169. The van der Waals surface area contributed by atoms with Crippen LogP contribution in [0, 0.1) is 13.8 Å². The summed E-state index contributed by atoms with van der Waals surface area (Å²) >= 11 is 0. The maximum Gasteiger partial charge on any atom is 0.255 e. The normalized spacial score (nSPS) is 10.6. The summed E-state index contributed by atoms with van der Waals surface area (Å²) in [5, 5.41) is 6.82. The smallest absolute Gasteiger partial charge is 0.255 e. The Kier molecular flexibility index (Phi) is 5.37. The van der Waals surface area contributed by atoms with Gasteiger partial charge in [-0.25, -0.2) is 0 Å². The molecule has 0 saturated carbocycles. The fraction of sp³-hybridized carbons (Fsp3) is 0.238. The number of hydrogen-bond acceptors (Lipinski definition) is 4. The van der Waals surface area contributed by atoms with E-state index in [0.29, 0.717) is 17.9 Å². The van der Waals surface area contributed by atoms with Gasteiger partial charge in [0.25, 0.3) is 5.91 Å². The molecule has 5 heteroatoms. The van der Waals surface area contributed by atoms with E-state index in [0.717, 1.165) is 29.1 Å². The van der Waals surface area contributed by atoms with Crippen molar-refractivity contribution in [1.82, 2.24) is 5.16 Å². The van der Waals surface area contributed by atoms with Gasteiger partial charge in [0.2, 0.25) is 0 Å². The molecule has 0 fully saturated rings. The monoisotopic (exact) mass is 350 g/mol. The van der Waals surface area contributed by atoms with Crippen LogP contribution in [0.5, 0.6) is 5.75 Å². The van der Waals surface area contributed by atoms with Crippen LogP contribution in [0.3, 0.4) is 0 Å². The Morgan fingerprint density at radius 3 is 2.58 bits per heavy atom. The minimum Gasteiger partial charge on any atom is -0.489 e. The first-order valence-electron chi connectivity index (χ1n) is 8.61. The van der Waals surface area contributed by atoms with Crippen LogP contribution in [0.15, 0.2) is 53.1 Å². The highest BCUT2D eigenvalue weighted by molar-refractivity contribution is 6.04. The van der Waals surface area contributed by atoms with Gasteiger partial charge in [-0.1, -0.05) is 30.3 Å². The average molecular weight is 350 g/mol. The van der Waals surface area contributed by atoms with Crippen LogP contribution < -0.4 is 10.1 Å². The first kappa shape index (κ1) is 17.7. The molecule has 0 unspecified atom stereocenters. The Labute approximate surface area is 153 Å². The van der Waals surface area contributed by atoms with E-state index >= 15 is 0 Å². The molecule has 26 heavy (non-hydrogen) atoms. The van der Waals surface area contributed by atoms with Crippen LogP contribution in [0.2, 0.25) is 0 Å². The molecular formula is C21H22N2O3. The summed E-state index contributed by atoms with van der Waals surface area (Å²) in [7, 11) is 0. The van der Waals surface area contributed by atoms with Gasteiger partial charge in [-0.15, -0.1) is 0 Å². The van der Waals surface area contributed by atoms with E-state index in [1.165, 1.54) is 5.56 Å². The number of nitrogens with zero attached hydrogens (tertiary/aromatic N) is 1. The molecule has 0 atom stereocenters. The van der Waals surface area contributed by atoms with E-state index in [9.17, 15) is 4.79 Å². The number of amides is 1. The molecule has 1 heterocycles. The number of hydrogen-bond donors (Lipinski definition) is 1. The second kappa shape index (κ2) is 7.87. The second-order valence-electron chi connectivity index (χ2n) is 6.12. The summed E-state index contributed by atoms with van der Waals surface area (Å²) in [5.74, 6) is 1.20.